The molecule has 80 valence electrons. The number of aromatic nitrogens is 1. The molecule has 1 aromatic heterocycles. The van der Waals surface area contributed by atoms with Crippen molar-refractivity contribution in [1.82, 2.24) is 4.98 Å². The van der Waals surface area contributed by atoms with Crippen LogP contribution in [0.25, 0.3) is 0 Å². The van der Waals surface area contributed by atoms with Crippen molar-refractivity contribution in [2.24, 2.45) is 0 Å². The van der Waals surface area contributed by atoms with Gasteiger partial charge in [-0.3, -0.25) is 0 Å². The summed E-state index contributed by atoms with van der Waals surface area (Å²) in [4.78, 5) is 16.7. The van der Waals surface area contributed by atoms with Gasteiger partial charge in [-0.05, 0) is 19.1 Å². The molecule has 0 fully saturated rings. The molecule has 0 aromatic carbocycles. The molecule has 0 aliphatic rings. The molecule has 15 heavy (non-hydrogen) atoms. The van der Waals surface area contributed by atoms with Crippen molar-refractivity contribution >= 4 is 11.8 Å². The fourth-order valence-electron chi connectivity index (χ4n) is 1.35. The zero-order valence-electron chi connectivity index (χ0n) is 8.90. The lowest BCUT2D eigenvalue weighted by Gasteiger charge is -2.19. The van der Waals surface area contributed by atoms with E-state index in [0.29, 0.717) is 12.4 Å². The van der Waals surface area contributed by atoms with Crippen LogP contribution >= 0.6 is 0 Å². The highest BCUT2D eigenvalue weighted by Crippen LogP contribution is 2.16. The van der Waals surface area contributed by atoms with Gasteiger partial charge in [-0.2, -0.15) is 0 Å². The minimum atomic E-state index is -0.966. The van der Waals surface area contributed by atoms with Crippen molar-refractivity contribution in [3.05, 3.63) is 36.0 Å². The lowest BCUT2D eigenvalue weighted by molar-refractivity contribution is 0.0697. The van der Waals surface area contributed by atoms with Gasteiger partial charge in [0.1, 0.15) is 11.4 Å². The third kappa shape index (κ3) is 2.80. The fourth-order valence-corrected chi connectivity index (χ4v) is 1.35. The molecule has 0 bridgehead atoms. The number of pyridine rings is 1. The maximum Gasteiger partial charge on any atom is 0.339 e. The lowest BCUT2D eigenvalue weighted by Crippen LogP contribution is -2.22. The second-order valence-corrected chi connectivity index (χ2v) is 3.49. The van der Waals surface area contributed by atoms with Crippen molar-refractivity contribution in [1.29, 1.82) is 0 Å². The first-order chi connectivity index (χ1) is 7.02. The summed E-state index contributed by atoms with van der Waals surface area (Å²) in [5, 5.41) is 8.96. The summed E-state index contributed by atoms with van der Waals surface area (Å²) in [5.41, 5.74) is 1.17. The SMILES string of the molecule is C=C(C)CN(C)c1ncccc1C(=O)O. The van der Waals surface area contributed by atoms with Gasteiger partial charge < -0.3 is 10.0 Å². The Balaban J connectivity index is 3.02. The zero-order chi connectivity index (χ0) is 11.4. The van der Waals surface area contributed by atoms with E-state index >= 15 is 0 Å². The first-order valence-corrected chi connectivity index (χ1v) is 4.56. The third-order valence-corrected chi connectivity index (χ3v) is 1.89. The minimum absolute atomic E-state index is 0.209. The number of aromatic carboxylic acids is 1. The van der Waals surface area contributed by atoms with Crippen LogP contribution in [0.3, 0.4) is 0 Å². The van der Waals surface area contributed by atoms with E-state index in [-0.39, 0.29) is 5.56 Å². The van der Waals surface area contributed by atoms with Gasteiger partial charge in [-0.15, -0.1) is 0 Å². The molecular weight excluding hydrogens is 192 g/mol. The van der Waals surface area contributed by atoms with E-state index in [1.807, 2.05) is 6.92 Å². The van der Waals surface area contributed by atoms with E-state index < -0.39 is 5.97 Å². The smallest absolute Gasteiger partial charge is 0.339 e. The van der Waals surface area contributed by atoms with Crippen LogP contribution in [-0.4, -0.2) is 29.7 Å². The molecule has 0 saturated carbocycles. The minimum Gasteiger partial charge on any atom is -0.478 e. The molecule has 1 rings (SSSR count). The van der Waals surface area contributed by atoms with Gasteiger partial charge in [-0.1, -0.05) is 12.2 Å². The Bertz CT molecular complexity index is 388. The molecule has 0 spiro atoms. The molecule has 0 saturated heterocycles. The van der Waals surface area contributed by atoms with Gasteiger partial charge in [0.25, 0.3) is 0 Å². The monoisotopic (exact) mass is 206 g/mol. The lowest BCUT2D eigenvalue weighted by atomic mass is 10.2. The quantitative estimate of drug-likeness (QED) is 0.763. The van der Waals surface area contributed by atoms with E-state index in [1.54, 1.807) is 30.3 Å². The summed E-state index contributed by atoms with van der Waals surface area (Å²) in [6, 6.07) is 3.15. The number of anilines is 1. The number of rotatable bonds is 4. The number of hydrogen-bond donors (Lipinski definition) is 1. The van der Waals surface area contributed by atoms with E-state index in [9.17, 15) is 4.79 Å². The average molecular weight is 206 g/mol. The molecule has 0 atom stereocenters. The normalized spacial score (nSPS) is 9.73. The molecule has 4 nitrogen and oxygen atoms in total. The fraction of sp³-hybridized carbons (Fsp3) is 0.273. The summed E-state index contributed by atoms with van der Waals surface area (Å²) in [6.45, 7) is 6.26. The highest BCUT2D eigenvalue weighted by Gasteiger charge is 2.13. The standard InChI is InChI=1S/C11H14N2O2/c1-8(2)7-13(3)10-9(11(14)15)5-4-6-12-10/h4-6H,1,7H2,2-3H3,(H,14,15). The largest absolute Gasteiger partial charge is 0.478 e. The Hall–Kier alpha value is -1.84. The van der Waals surface area contributed by atoms with E-state index in [2.05, 4.69) is 11.6 Å². The van der Waals surface area contributed by atoms with E-state index in [0.717, 1.165) is 5.57 Å². The molecule has 0 amide bonds. The van der Waals surface area contributed by atoms with Gasteiger partial charge >= 0.3 is 5.97 Å². The molecule has 0 unspecified atom stereocenters. The first-order valence-electron chi connectivity index (χ1n) is 4.56. The Morgan fingerprint density at radius 2 is 2.33 bits per heavy atom. The highest BCUT2D eigenvalue weighted by molar-refractivity contribution is 5.93. The molecule has 0 aliphatic heterocycles. The first kappa shape index (κ1) is 11.2. The topological polar surface area (TPSA) is 53.4 Å². The summed E-state index contributed by atoms with van der Waals surface area (Å²) in [6.07, 6.45) is 1.58. The molecule has 0 aliphatic carbocycles. The maximum absolute atomic E-state index is 10.9. The third-order valence-electron chi connectivity index (χ3n) is 1.89. The Morgan fingerprint density at radius 3 is 2.87 bits per heavy atom. The number of hydrogen-bond acceptors (Lipinski definition) is 3. The van der Waals surface area contributed by atoms with Crippen molar-refractivity contribution in [3.8, 4) is 0 Å². The van der Waals surface area contributed by atoms with Crippen LogP contribution in [0.5, 0.6) is 0 Å². The van der Waals surface area contributed by atoms with Gasteiger partial charge in [0, 0.05) is 19.8 Å². The van der Waals surface area contributed by atoms with Crippen LogP contribution in [0.4, 0.5) is 5.82 Å². The second kappa shape index (κ2) is 4.59. The number of likely N-dealkylation sites (N-methyl/N-ethyl adjacent to an activating group) is 1. The van der Waals surface area contributed by atoms with Crippen molar-refractivity contribution in [2.45, 2.75) is 6.92 Å². The van der Waals surface area contributed by atoms with Crippen LogP contribution in [0, 0.1) is 0 Å². The number of carbonyl (C=O) groups is 1. The molecule has 1 heterocycles. The molecule has 0 radical (unpaired) electrons. The average Bonchev–Trinajstić information content (AvgIpc) is 2.16. The summed E-state index contributed by atoms with van der Waals surface area (Å²) < 4.78 is 0. The van der Waals surface area contributed by atoms with Gasteiger partial charge in [0.15, 0.2) is 0 Å². The van der Waals surface area contributed by atoms with Crippen molar-refractivity contribution in [2.75, 3.05) is 18.5 Å². The van der Waals surface area contributed by atoms with Crippen LogP contribution in [-0.2, 0) is 0 Å². The van der Waals surface area contributed by atoms with Crippen molar-refractivity contribution in [3.63, 3.8) is 0 Å². The second-order valence-electron chi connectivity index (χ2n) is 3.49. The Kier molecular flexibility index (Phi) is 3.44. The van der Waals surface area contributed by atoms with Crippen LogP contribution in [0.2, 0.25) is 0 Å². The predicted octanol–water partition coefficient (Wildman–Crippen LogP) is 1.79. The van der Waals surface area contributed by atoms with Crippen molar-refractivity contribution < 1.29 is 9.90 Å². The Morgan fingerprint density at radius 1 is 1.67 bits per heavy atom. The molecular formula is C11H14N2O2. The van der Waals surface area contributed by atoms with Gasteiger partial charge in [0.05, 0.1) is 0 Å². The predicted molar refractivity (Wildman–Crippen MR) is 59.3 cm³/mol. The number of carboxylic acid groups (broad SMARTS) is 1. The van der Waals surface area contributed by atoms with E-state index in [4.69, 9.17) is 5.11 Å². The molecule has 1 aromatic rings. The van der Waals surface area contributed by atoms with Crippen LogP contribution in [0.1, 0.15) is 17.3 Å². The maximum atomic E-state index is 10.9. The Labute approximate surface area is 88.9 Å². The summed E-state index contributed by atoms with van der Waals surface area (Å²) in [7, 11) is 1.80. The van der Waals surface area contributed by atoms with E-state index in [1.165, 1.54) is 0 Å². The number of carboxylic acids is 1. The number of nitrogens with zero attached hydrogens (tertiary/aromatic N) is 2. The zero-order valence-corrected chi connectivity index (χ0v) is 8.90. The highest BCUT2D eigenvalue weighted by atomic mass is 16.4. The molecule has 4 heteroatoms. The van der Waals surface area contributed by atoms with Crippen LogP contribution < -0.4 is 4.90 Å². The molecule has 1 N–H and O–H groups in total. The van der Waals surface area contributed by atoms with Crippen LogP contribution in [0.15, 0.2) is 30.5 Å². The summed E-state index contributed by atoms with van der Waals surface area (Å²) in [5.74, 6) is -0.500. The van der Waals surface area contributed by atoms with Gasteiger partial charge in [-0.25, -0.2) is 9.78 Å². The van der Waals surface area contributed by atoms with Gasteiger partial charge in [0.2, 0.25) is 0 Å². The summed E-state index contributed by atoms with van der Waals surface area (Å²) >= 11 is 0.